The Kier molecular flexibility index (Phi) is 5.30. The van der Waals surface area contributed by atoms with Gasteiger partial charge in [-0.15, -0.1) is 0 Å². The molecule has 1 saturated heterocycles. The fourth-order valence-corrected chi connectivity index (χ4v) is 4.37. The Morgan fingerprint density at radius 1 is 0.912 bits per heavy atom. The SMILES string of the molecule is COc1ccc(N2C(=O)C(=O)/C(=C(\O)c3cccc4ccccc34)C2c2ccco2)cc1OC. The van der Waals surface area contributed by atoms with Gasteiger partial charge in [-0.2, -0.15) is 0 Å². The molecule has 1 atom stereocenters. The number of methoxy groups -OCH3 is 2. The second kappa shape index (κ2) is 8.44. The molecule has 0 radical (unpaired) electrons. The lowest BCUT2D eigenvalue weighted by Gasteiger charge is -2.24. The van der Waals surface area contributed by atoms with Crippen LogP contribution in [-0.2, 0) is 9.59 Å². The van der Waals surface area contributed by atoms with Crippen LogP contribution in [0.15, 0.2) is 89.0 Å². The Bertz CT molecular complexity index is 1430. The molecule has 1 aromatic heterocycles. The standard InChI is InChI=1S/C27H21NO6/c1-32-20-13-12-17(15-22(20)33-2)28-24(21-11-6-14-34-21)23(26(30)27(28)31)25(29)19-10-5-8-16-7-3-4-9-18(16)19/h3-15,24,29H,1-2H3/b25-23-. The highest BCUT2D eigenvalue weighted by Gasteiger charge is 2.48. The fraction of sp³-hybridized carbons (Fsp3) is 0.111. The van der Waals surface area contributed by atoms with Crippen LogP contribution in [0.5, 0.6) is 11.5 Å². The highest BCUT2D eigenvalue weighted by molar-refractivity contribution is 6.51. The van der Waals surface area contributed by atoms with E-state index in [0.717, 1.165) is 10.8 Å². The summed E-state index contributed by atoms with van der Waals surface area (Å²) in [6.07, 6.45) is 1.46. The molecule has 1 fully saturated rings. The lowest BCUT2D eigenvalue weighted by atomic mass is 9.96. The van der Waals surface area contributed by atoms with Gasteiger partial charge in [0.05, 0.1) is 26.1 Å². The number of rotatable bonds is 5. The van der Waals surface area contributed by atoms with Crippen LogP contribution < -0.4 is 14.4 Å². The summed E-state index contributed by atoms with van der Waals surface area (Å²) in [4.78, 5) is 27.9. The summed E-state index contributed by atoms with van der Waals surface area (Å²) in [7, 11) is 3.00. The molecule has 34 heavy (non-hydrogen) atoms. The first kappa shape index (κ1) is 21.3. The van der Waals surface area contributed by atoms with E-state index >= 15 is 0 Å². The summed E-state index contributed by atoms with van der Waals surface area (Å²) in [5, 5.41) is 13.1. The van der Waals surface area contributed by atoms with Gasteiger partial charge in [0.2, 0.25) is 0 Å². The number of fused-ring (bicyclic) bond motifs is 1. The number of carbonyl (C=O) groups excluding carboxylic acids is 2. The normalized spacial score (nSPS) is 17.4. The summed E-state index contributed by atoms with van der Waals surface area (Å²) in [6.45, 7) is 0. The van der Waals surface area contributed by atoms with E-state index in [-0.39, 0.29) is 11.3 Å². The Labute approximate surface area is 195 Å². The number of carbonyl (C=O) groups is 2. The van der Waals surface area contributed by atoms with Crippen LogP contribution in [-0.4, -0.2) is 31.0 Å². The van der Waals surface area contributed by atoms with Crippen LogP contribution in [0.4, 0.5) is 5.69 Å². The molecule has 1 amide bonds. The average Bonchev–Trinajstić information content (AvgIpc) is 3.49. The zero-order valence-corrected chi connectivity index (χ0v) is 18.5. The number of furan rings is 1. The summed E-state index contributed by atoms with van der Waals surface area (Å²) in [5.41, 5.74) is 0.809. The number of anilines is 1. The average molecular weight is 455 g/mol. The van der Waals surface area contributed by atoms with Crippen LogP contribution >= 0.6 is 0 Å². The van der Waals surface area contributed by atoms with Crippen molar-refractivity contribution in [1.82, 2.24) is 0 Å². The lowest BCUT2D eigenvalue weighted by molar-refractivity contribution is -0.132. The van der Waals surface area contributed by atoms with E-state index in [4.69, 9.17) is 13.9 Å². The molecular weight excluding hydrogens is 434 g/mol. The van der Waals surface area contributed by atoms with Gasteiger partial charge in [-0.1, -0.05) is 42.5 Å². The third kappa shape index (κ3) is 3.29. The number of aliphatic hydroxyl groups is 1. The van der Waals surface area contributed by atoms with Crippen LogP contribution in [0.3, 0.4) is 0 Å². The topological polar surface area (TPSA) is 89.2 Å². The van der Waals surface area contributed by atoms with Crippen molar-refractivity contribution >= 4 is 33.9 Å². The van der Waals surface area contributed by atoms with E-state index in [1.165, 1.54) is 25.4 Å². The monoisotopic (exact) mass is 455 g/mol. The molecule has 0 saturated carbocycles. The van der Waals surface area contributed by atoms with Gasteiger partial charge in [-0.05, 0) is 35.0 Å². The van der Waals surface area contributed by atoms with Crippen LogP contribution in [0.25, 0.3) is 16.5 Å². The molecule has 0 spiro atoms. The molecule has 2 heterocycles. The van der Waals surface area contributed by atoms with E-state index in [2.05, 4.69) is 0 Å². The molecule has 4 aromatic rings. The number of hydrogen-bond acceptors (Lipinski definition) is 6. The quantitative estimate of drug-likeness (QED) is 0.257. The van der Waals surface area contributed by atoms with E-state index in [9.17, 15) is 14.7 Å². The summed E-state index contributed by atoms with van der Waals surface area (Å²) in [5.74, 6) is -0.630. The summed E-state index contributed by atoms with van der Waals surface area (Å²) >= 11 is 0. The van der Waals surface area contributed by atoms with Crippen molar-refractivity contribution in [3.05, 3.63) is 96.0 Å². The van der Waals surface area contributed by atoms with Gasteiger partial charge in [-0.25, -0.2) is 0 Å². The van der Waals surface area contributed by atoms with Gasteiger partial charge in [0, 0.05) is 17.3 Å². The highest BCUT2D eigenvalue weighted by Crippen LogP contribution is 2.44. The number of ketones is 1. The number of hydrogen-bond donors (Lipinski definition) is 1. The first-order chi connectivity index (χ1) is 16.5. The van der Waals surface area contributed by atoms with Gasteiger partial charge in [0.25, 0.3) is 11.7 Å². The maximum atomic E-state index is 13.3. The lowest BCUT2D eigenvalue weighted by Crippen LogP contribution is -2.29. The van der Waals surface area contributed by atoms with Crippen LogP contribution in [0.2, 0.25) is 0 Å². The minimum absolute atomic E-state index is 0.0499. The van der Waals surface area contributed by atoms with Crippen LogP contribution in [0.1, 0.15) is 17.4 Å². The Balaban J connectivity index is 1.74. The van der Waals surface area contributed by atoms with Gasteiger partial charge in [-0.3, -0.25) is 14.5 Å². The smallest absolute Gasteiger partial charge is 0.300 e. The molecule has 1 unspecified atom stereocenters. The Morgan fingerprint density at radius 3 is 2.41 bits per heavy atom. The second-order valence-electron chi connectivity index (χ2n) is 7.75. The number of ether oxygens (including phenoxy) is 2. The molecule has 3 aromatic carbocycles. The van der Waals surface area contributed by atoms with Crippen molar-refractivity contribution in [3.63, 3.8) is 0 Å². The number of aliphatic hydroxyl groups excluding tert-OH is 1. The first-order valence-electron chi connectivity index (χ1n) is 10.6. The van der Waals surface area contributed by atoms with Crippen molar-refractivity contribution in [2.45, 2.75) is 6.04 Å². The van der Waals surface area contributed by atoms with Gasteiger partial charge in [0.15, 0.2) is 11.5 Å². The van der Waals surface area contributed by atoms with Gasteiger partial charge < -0.3 is 19.0 Å². The minimum atomic E-state index is -0.966. The number of benzene rings is 3. The molecule has 1 N–H and O–H groups in total. The third-order valence-electron chi connectivity index (χ3n) is 5.95. The Hall–Kier alpha value is -4.52. The van der Waals surface area contributed by atoms with Crippen molar-refractivity contribution in [2.24, 2.45) is 0 Å². The highest BCUT2D eigenvalue weighted by atomic mass is 16.5. The van der Waals surface area contributed by atoms with Gasteiger partial charge in [0.1, 0.15) is 17.6 Å². The zero-order chi connectivity index (χ0) is 23.8. The number of Topliss-reactive ketones (excluding diaryl/α,β-unsaturated/α-hetero) is 1. The Morgan fingerprint density at radius 2 is 1.68 bits per heavy atom. The molecular formula is C27H21NO6. The van der Waals surface area contributed by atoms with Gasteiger partial charge >= 0.3 is 0 Å². The minimum Gasteiger partial charge on any atom is -0.507 e. The largest absolute Gasteiger partial charge is 0.507 e. The van der Waals surface area contributed by atoms with E-state index in [1.54, 1.807) is 42.5 Å². The van der Waals surface area contributed by atoms with Crippen LogP contribution in [0, 0.1) is 0 Å². The second-order valence-corrected chi connectivity index (χ2v) is 7.75. The van der Waals surface area contributed by atoms with Crippen molar-refractivity contribution in [1.29, 1.82) is 0 Å². The first-order valence-corrected chi connectivity index (χ1v) is 10.6. The van der Waals surface area contributed by atoms with Crippen molar-refractivity contribution < 1.29 is 28.6 Å². The fourth-order valence-electron chi connectivity index (χ4n) is 4.37. The molecule has 7 nitrogen and oxygen atoms in total. The van der Waals surface area contributed by atoms with E-state index in [0.29, 0.717) is 28.5 Å². The molecule has 0 bridgehead atoms. The maximum absolute atomic E-state index is 13.3. The zero-order valence-electron chi connectivity index (χ0n) is 18.5. The summed E-state index contributed by atoms with van der Waals surface area (Å²) in [6, 6.07) is 20.2. The molecule has 7 heteroatoms. The predicted octanol–water partition coefficient (Wildman–Crippen LogP) is 5.08. The molecule has 1 aliphatic heterocycles. The molecule has 170 valence electrons. The number of nitrogens with zero attached hydrogens (tertiary/aromatic N) is 1. The molecule has 5 rings (SSSR count). The maximum Gasteiger partial charge on any atom is 0.300 e. The third-order valence-corrected chi connectivity index (χ3v) is 5.95. The van der Waals surface area contributed by atoms with E-state index < -0.39 is 17.7 Å². The van der Waals surface area contributed by atoms with E-state index in [1.807, 2.05) is 30.3 Å². The van der Waals surface area contributed by atoms with Crippen molar-refractivity contribution in [2.75, 3.05) is 19.1 Å². The molecule has 1 aliphatic rings. The van der Waals surface area contributed by atoms with Crippen molar-refractivity contribution in [3.8, 4) is 11.5 Å². The molecule has 0 aliphatic carbocycles. The predicted molar refractivity (Wildman–Crippen MR) is 127 cm³/mol. The summed E-state index contributed by atoms with van der Waals surface area (Å²) < 4.78 is 16.3. The number of amides is 1.